The number of aromatic hydroxyl groups is 1. The predicted octanol–water partition coefficient (Wildman–Crippen LogP) is 8.67. The summed E-state index contributed by atoms with van der Waals surface area (Å²) in [4.78, 5) is 15.2. The van der Waals surface area contributed by atoms with E-state index in [0.717, 1.165) is 34.4 Å². The molecule has 2 N–H and O–H groups in total. The molecule has 4 heteroatoms. The molecule has 0 bridgehead atoms. The first-order valence-electron chi connectivity index (χ1n) is 14.3. The number of anilines is 1. The van der Waals surface area contributed by atoms with Crippen molar-refractivity contribution in [2.24, 2.45) is 0 Å². The number of unbranched alkanes of at least 4 members (excludes halogenated alkanes) is 1. The van der Waals surface area contributed by atoms with Gasteiger partial charge in [-0.25, -0.2) is 4.79 Å². The van der Waals surface area contributed by atoms with E-state index in [0.29, 0.717) is 13.1 Å². The lowest BCUT2D eigenvalue weighted by Crippen LogP contribution is -2.34. The number of urea groups is 1. The van der Waals surface area contributed by atoms with Crippen LogP contribution in [-0.2, 0) is 24.9 Å². The summed E-state index contributed by atoms with van der Waals surface area (Å²) < 4.78 is 0. The molecule has 0 atom stereocenters. The Balaban J connectivity index is 1.46. The highest BCUT2D eigenvalue weighted by molar-refractivity contribution is 5.89. The average Bonchev–Trinajstić information content (AvgIpc) is 2.97. The zero-order valence-electron chi connectivity index (χ0n) is 24.6. The van der Waals surface area contributed by atoms with Crippen LogP contribution < -0.4 is 5.32 Å². The van der Waals surface area contributed by atoms with Gasteiger partial charge in [-0.3, -0.25) is 0 Å². The lowest BCUT2D eigenvalue weighted by atomic mass is 9.87. The van der Waals surface area contributed by atoms with Crippen molar-refractivity contribution in [2.45, 2.75) is 65.5 Å². The number of hydrogen-bond donors (Lipinski definition) is 2. The zero-order valence-corrected chi connectivity index (χ0v) is 24.6. The minimum atomic E-state index is -0.187. The van der Waals surface area contributed by atoms with Crippen LogP contribution >= 0.6 is 0 Å². The van der Waals surface area contributed by atoms with Gasteiger partial charge in [0.1, 0.15) is 5.75 Å². The van der Waals surface area contributed by atoms with E-state index in [1.165, 1.54) is 24.0 Å². The molecule has 0 fully saturated rings. The lowest BCUT2D eigenvalue weighted by Gasteiger charge is -2.24. The molecule has 4 nitrogen and oxygen atoms in total. The van der Waals surface area contributed by atoms with Gasteiger partial charge in [0.25, 0.3) is 0 Å². The van der Waals surface area contributed by atoms with Crippen LogP contribution in [0.4, 0.5) is 10.5 Å². The number of amides is 2. The molecule has 0 aliphatic heterocycles. The van der Waals surface area contributed by atoms with Crippen molar-refractivity contribution in [2.75, 3.05) is 5.32 Å². The van der Waals surface area contributed by atoms with Gasteiger partial charge in [-0.1, -0.05) is 94.5 Å². The Kier molecular flexibility index (Phi) is 9.87. The minimum Gasteiger partial charge on any atom is -0.508 e. The molecule has 2 amide bonds. The van der Waals surface area contributed by atoms with E-state index in [1.807, 2.05) is 48.5 Å². The van der Waals surface area contributed by atoms with Crippen LogP contribution in [0, 0.1) is 11.8 Å². The van der Waals surface area contributed by atoms with Crippen molar-refractivity contribution in [3.8, 4) is 17.6 Å². The normalized spacial score (nSPS) is 10.9. The Morgan fingerprint density at radius 1 is 0.732 bits per heavy atom. The van der Waals surface area contributed by atoms with Gasteiger partial charge < -0.3 is 15.3 Å². The maximum absolute atomic E-state index is 13.4. The van der Waals surface area contributed by atoms with E-state index in [2.05, 4.69) is 81.3 Å². The number of carbonyl (C=O) groups is 1. The van der Waals surface area contributed by atoms with E-state index in [-0.39, 0.29) is 17.2 Å². The molecular weight excluding hydrogens is 504 g/mol. The second-order valence-corrected chi connectivity index (χ2v) is 11.5. The Morgan fingerprint density at radius 3 is 1.71 bits per heavy atom. The molecule has 41 heavy (non-hydrogen) atoms. The average molecular weight is 545 g/mol. The monoisotopic (exact) mass is 544 g/mol. The summed E-state index contributed by atoms with van der Waals surface area (Å²) in [6.07, 6.45) is 3.51. The maximum Gasteiger partial charge on any atom is 0.322 e. The summed E-state index contributed by atoms with van der Waals surface area (Å²) in [6.45, 7) is 9.55. The number of nitrogens with one attached hydrogen (secondary N) is 1. The molecule has 4 aromatic rings. The number of benzene rings is 4. The summed E-state index contributed by atoms with van der Waals surface area (Å²) >= 11 is 0. The van der Waals surface area contributed by atoms with Crippen LogP contribution in [-0.4, -0.2) is 16.0 Å². The highest BCUT2D eigenvalue weighted by Gasteiger charge is 2.17. The molecule has 0 spiro atoms. The number of hydrogen-bond acceptors (Lipinski definition) is 2. The van der Waals surface area contributed by atoms with Gasteiger partial charge in [-0.2, -0.15) is 0 Å². The maximum atomic E-state index is 13.4. The van der Waals surface area contributed by atoms with Gasteiger partial charge in [-0.05, 0) is 89.0 Å². The van der Waals surface area contributed by atoms with Crippen molar-refractivity contribution >= 4 is 11.7 Å². The molecule has 0 aromatic heterocycles. The molecule has 0 heterocycles. The lowest BCUT2D eigenvalue weighted by molar-refractivity contribution is 0.206. The Morgan fingerprint density at radius 2 is 1.22 bits per heavy atom. The molecule has 0 aliphatic carbocycles. The van der Waals surface area contributed by atoms with Crippen LogP contribution in [0.1, 0.15) is 73.9 Å². The molecular formula is C37H40N2O2. The number of phenolic OH excluding ortho intramolecular Hbond substituents is 1. The highest BCUT2D eigenvalue weighted by Crippen LogP contribution is 2.24. The number of carbonyl (C=O) groups excluding carboxylic acids is 1. The van der Waals surface area contributed by atoms with E-state index in [9.17, 15) is 9.90 Å². The predicted molar refractivity (Wildman–Crippen MR) is 169 cm³/mol. The number of aryl methyl sites for hydroxylation is 1. The first-order valence-corrected chi connectivity index (χ1v) is 14.3. The third-order valence-corrected chi connectivity index (χ3v) is 7.05. The quantitative estimate of drug-likeness (QED) is 0.218. The zero-order chi connectivity index (χ0) is 29.2. The molecule has 210 valence electrons. The van der Waals surface area contributed by atoms with E-state index < -0.39 is 0 Å². The molecule has 4 rings (SSSR count). The number of rotatable bonds is 8. The fraction of sp³-hybridized carbons (Fsp3) is 0.270. The third-order valence-electron chi connectivity index (χ3n) is 7.05. The Hall–Kier alpha value is -4.49. The first-order chi connectivity index (χ1) is 19.7. The molecule has 4 aromatic carbocycles. The molecule has 0 unspecified atom stereocenters. The molecule has 0 aliphatic rings. The second kappa shape index (κ2) is 13.7. The molecule has 0 saturated carbocycles. The highest BCUT2D eigenvalue weighted by atomic mass is 16.3. The SMILES string of the molecule is CCCCc1ccc(C#Cc2ccc(CN(Cc3ccc(O)cc3)C(=O)Nc3ccc(C(C)(C)C)cc3)cc2)cc1. The number of nitrogens with zero attached hydrogens (tertiary/aromatic N) is 1. The van der Waals surface area contributed by atoms with Crippen LogP contribution in [0.2, 0.25) is 0 Å². The van der Waals surface area contributed by atoms with Gasteiger partial charge in [-0.15, -0.1) is 0 Å². The third kappa shape index (κ3) is 9.01. The fourth-order valence-electron chi connectivity index (χ4n) is 4.47. The van der Waals surface area contributed by atoms with Crippen molar-refractivity contribution in [1.82, 2.24) is 4.90 Å². The topological polar surface area (TPSA) is 52.6 Å². The van der Waals surface area contributed by atoms with Crippen LogP contribution in [0.15, 0.2) is 97.1 Å². The standard InChI is InChI=1S/C37H40N2O2/c1-5-6-7-28-8-10-29(11-9-28)12-13-30-14-16-31(17-15-30)26-39(27-32-18-24-35(40)25-19-32)36(41)38-34-22-20-33(21-23-34)37(2,3)4/h8-11,14-25,40H,5-7,26-27H2,1-4H3,(H,38,41). The molecule has 0 saturated heterocycles. The summed E-state index contributed by atoms with van der Waals surface area (Å²) in [5.41, 5.74) is 7.23. The van der Waals surface area contributed by atoms with E-state index >= 15 is 0 Å². The van der Waals surface area contributed by atoms with E-state index in [4.69, 9.17) is 0 Å². The number of phenols is 1. The van der Waals surface area contributed by atoms with Crippen LogP contribution in [0.25, 0.3) is 0 Å². The Labute approximate surface area is 245 Å². The molecule has 0 radical (unpaired) electrons. The minimum absolute atomic E-state index is 0.0445. The largest absolute Gasteiger partial charge is 0.508 e. The summed E-state index contributed by atoms with van der Waals surface area (Å²) in [6, 6.07) is 31.3. The van der Waals surface area contributed by atoms with Crippen LogP contribution in [0.5, 0.6) is 5.75 Å². The first kappa shape index (κ1) is 29.5. The van der Waals surface area contributed by atoms with Gasteiger partial charge in [0, 0.05) is 29.9 Å². The van der Waals surface area contributed by atoms with Gasteiger partial charge >= 0.3 is 6.03 Å². The van der Waals surface area contributed by atoms with Crippen LogP contribution in [0.3, 0.4) is 0 Å². The second-order valence-electron chi connectivity index (χ2n) is 11.5. The fourth-order valence-corrected chi connectivity index (χ4v) is 4.47. The summed E-state index contributed by atoms with van der Waals surface area (Å²) in [5.74, 6) is 6.71. The van der Waals surface area contributed by atoms with Crippen molar-refractivity contribution < 1.29 is 9.90 Å². The van der Waals surface area contributed by atoms with Crippen molar-refractivity contribution in [3.05, 3.63) is 130 Å². The van der Waals surface area contributed by atoms with E-state index in [1.54, 1.807) is 17.0 Å². The smallest absolute Gasteiger partial charge is 0.322 e. The van der Waals surface area contributed by atoms with Gasteiger partial charge in [0.05, 0.1) is 0 Å². The van der Waals surface area contributed by atoms with Crippen molar-refractivity contribution in [3.63, 3.8) is 0 Å². The van der Waals surface area contributed by atoms with Gasteiger partial charge in [0.15, 0.2) is 0 Å². The summed E-state index contributed by atoms with van der Waals surface area (Å²) in [5, 5.41) is 12.7. The van der Waals surface area contributed by atoms with Crippen molar-refractivity contribution in [1.29, 1.82) is 0 Å². The van der Waals surface area contributed by atoms with Gasteiger partial charge in [0.2, 0.25) is 0 Å². The summed E-state index contributed by atoms with van der Waals surface area (Å²) in [7, 11) is 0. The Bertz CT molecular complexity index is 1470.